The molecule has 0 amide bonds. The number of hydroxylamine groups is 4. The average molecular weight is 771 g/mol. The minimum Gasteiger partial charge on any atom is -0.378 e. The molecule has 0 aromatic heterocycles. The molecule has 10 nitrogen and oxygen atoms in total. The Bertz CT molecular complexity index is 1470. The van der Waals surface area contributed by atoms with E-state index in [4.69, 9.17) is 19.1 Å². The highest BCUT2D eigenvalue weighted by molar-refractivity contribution is 5.19. The zero-order chi connectivity index (χ0) is 41.1. The van der Waals surface area contributed by atoms with Gasteiger partial charge < -0.3 is 9.47 Å². The monoisotopic (exact) mass is 771 g/mol. The maximum atomic E-state index is 10.1. The molecule has 0 aliphatic carbocycles. The molecule has 2 fully saturated rings. The number of hydrogen-bond acceptors (Lipinski definition) is 10. The van der Waals surface area contributed by atoms with E-state index in [9.17, 15) is 10.5 Å². The molecule has 10 heteroatoms. The Balaban J connectivity index is 1.27. The zero-order valence-electron chi connectivity index (χ0n) is 36.1. The standard InChI is InChI=1S/C46H70N6O4/c1-41(2)25-17-26-42(3,4)51(41)55-39(37-21-13-11-14-22-37)33-53-31-19-29-45(9,35-47)49-50-46(10,36-48)30-20-32-54-34-40(38-23-15-12-16-24-38)56-52-43(5,6)27-18-28-44(52,7)8/h11-16,21-24,39-40H,17-20,25-34H2,1-10H3. The van der Waals surface area contributed by atoms with Crippen molar-refractivity contribution in [3.8, 4) is 12.1 Å². The van der Waals surface area contributed by atoms with Crippen molar-refractivity contribution in [3.05, 3.63) is 71.8 Å². The molecule has 0 radical (unpaired) electrons. The number of hydrogen-bond donors (Lipinski definition) is 0. The van der Waals surface area contributed by atoms with E-state index in [-0.39, 0.29) is 34.4 Å². The van der Waals surface area contributed by atoms with E-state index in [1.807, 2.05) is 36.4 Å². The first kappa shape index (κ1) is 45.5. The molecule has 0 spiro atoms. The maximum Gasteiger partial charge on any atom is 0.164 e. The second-order valence-electron chi connectivity index (χ2n) is 18.9. The molecule has 2 aromatic rings. The highest BCUT2D eigenvalue weighted by Gasteiger charge is 2.45. The second kappa shape index (κ2) is 19.5. The van der Waals surface area contributed by atoms with Crippen molar-refractivity contribution in [3.63, 3.8) is 0 Å². The van der Waals surface area contributed by atoms with E-state index >= 15 is 0 Å². The fourth-order valence-electron chi connectivity index (χ4n) is 8.38. The van der Waals surface area contributed by atoms with Gasteiger partial charge in [-0.3, -0.25) is 9.68 Å². The molecule has 0 saturated carbocycles. The smallest absolute Gasteiger partial charge is 0.164 e. The van der Waals surface area contributed by atoms with Gasteiger partial charge in [-0.2, -0.15) is 30.9 Å². The summed E-state index contributed by atoms with van der Waals surface area (Å²) in [6, 6.07) is 25.1. The van der Waals surface area contributed by atoms with Crippen molar-refractivity contribution in [1.29, 1.82) is 10.5 Å². The van der Waals surface area contributed by atoms with E-state index in [1.165, 1.54) is 12.8 Å². The molecule has 4 rings (SSSR count). The largest absolute Gasteiger partial charge is 0.378 e. The van der Waals surface area contributed by atoms with Crippen molar-refractivity contribution < 1.29 is 19.1 Å². The molecule has 56 heavy (non-hydrogen) atoms. The molecule has 0 bridgehead atoms. The van der Waals surface area contributed by atoms with Crippen LogP contribution in [-0.2, 0) is 19.1 Å². The van der Waals surface area contributed by atoms with Crippen LogP contribution in [0, 0.1) is 22.7 Å². The van der Waals surface area contributed by atoms with Gasteiger partial charge in [-0.15, -0.1) is 0 Å². The molecule has 0 N–H and O–H groups in total. The van der Waals surface area contributed by atoms with Gasteiger partial charge in [0.2, 0.25) is 0 Å². The van der Waals surface area contributed by atoms with E-state index < -0.39 is 11.1 Å². The SMILES string of the molecule is CC(C#N)(CCCOCC(ON1C(C)(C)CCCC1(C)C)c1ccccc1)N=NC(C)(C#N)CCCOCC(ON1C(C)(C)CCCC1(C)C)c1ccccc1. The first-order valence-corrected chi connectivity index (χ1v) is 20.8. The number of ether oxygens (including phenoxy) is 2. The summed E-state index contributed by atoms with van der Waals surface area (Å²) in [4.78, 5) is 13.5. The molecule has 308 valence electrons. The summed E-state index contributed by atoms with van der Waals surface area (Å²) in [5.41, 5.74) is -0.406. The third kappa shape index (κ3) is 12.6. The summed E-state index contributed by atoms with van der Waals surface area (Å²) in [6.07, 6.45) is 8.22. The summed E-state index contributed by atoms with van der Waals surface area (Å²) in [5, 5.41) is 33.5. The summed E-state index contributed by atoms with van der Waals surface area (Å²) in [7, 11) is 0. The van der Waals surface area contributed by atoms with Crippen LogP contribution in [0.15, 0.2) is 70.9 Å². The Labute approximate surface area is 338 Å². The fraction of sp³-hybridized carbons (Fsp3) is 0.696. The third-order valence-corrected chi connectivity index (χ3v) is 11.6. The average Bonchev–Trinajstić information content (AvgIpc) is 3.15. The van der Waals surface area contributed by atoms with Crippen molar-refractivity contribution in [2.24, 2.45) is 10.2 Å². The normalized spacial score (nSPS) is 22.6. The number of nitriles is 2. The summed E-state index contributed by atoms with van der Waals surface area (Å²) < 4.78 is 12.4. The van der Waals surface area contributed by atoms with Gasteiger partial charge in [-0.1, -0.05) is 60.7 Å². The third-order valence-electron chi connectivity index (χ3n) is 11.6. The van der Waals surface area contributed by atoms with Crippen LogP contribution in [0.1, 0.15) is 157 Å². The van der Waals surface area contributed by atoms with Crippen LogP contribution < -0.4 is 0 Å². The predicted molar refractivity (Wildman–Crippen MR) is 221 cm³/mol. The highest BCUT2D eigenvalue weighted by atomic mass is 16.7. The topological polar surface area (TPSA) is 116 Å². The maximum absolute atomic E-state index is 10.1. The fourth-order valence-corrected chi connectivity index (χ4v) is 8.38. The van der Waals surface area contributed by atoms with Gasteiger partial charge in [0.05, 0.1) is 25.4 Å². The van der Waals surface area contributed by atoms with E-state index in [0.29, 0.717) is 52.1 Å². The zero-order valence-corrected chi connectivity index (χ0v) is 36.1. The van der Waals surface area contributed by atoms with Gasteiger partial charge in [0.15, 0.2) is 11.1 Å². The minimum atomic E-state index is -1.08. The molecule has 4 atom stereocenters. The highest BCUT2D eigenvalue weighted by Crippen LogP contribution is 2.42. The van der Waals surface area contributed by atoms with E-state index in [1.54, 1.807) is 13.8 Å². The second-order valence-corrected chi connectivity index (χ2v) is 18.9. The van der Waals surface area contributed by atoms with Gasteiger partial charge in [-0.25, -0.2) is 0 Å². The molecule has 2 saturated heterocycles. The minimum absolute atomic E-state index is 0.0956. The van der Waals surface area contributed by atoms with Gasteiger partial charge in [0.1, 0.15) is 12.2 Å². The summed E-state index contributed by atoms with van der Waals surface area (Å²) >= 11 is 0. The Morgan fingerprint density at radius 2 is 0.911 bits per heavy atom. The number of rotatable bonds is 20. The van der Waals surface area contributed by atoms with Crippen LogP contribution in [0.3, 0.4) is 0 Å². The number of piperidine rings is 2. The van der Waals surface area contributed by atoms with Crippen LogP contribution in [0.4, 0.5) is 0 Å². The lowest BCUT2D eigenvalue weighted by Crippen LogP contribution is -2.58. The molecular weight excluding hydrogens is 701 g/mol. The lowest BCUT2D eigenvalue weighted by molar-refractivity contribution is -0.312. The Kier molecular flexibility index (Phi) is 15.8. The van der Waals surface area contributed by atoms with Crippen LogP contribution in [0.2, 0.25) is 0 Å². The van der Waals surface area contributed by atoms with Gasteiger partial charge in [-0.05, 0) is 145 Å². The molecule has 2 aliphatic rings. The van der Waals surface area contributed by atoms with Crippen LogP contribution in [-0.4, -0.2) is 69.8 Å². The summed E-state index contributed by atoms with van der Waals surface area (Å²) in [6.45, 7) is 23.2. The van der Waals surface area contributed by atoms with Gasteiger partial charge in [0.25, 0.3) is 0 Å². The quantitative estimate of drug-likeness (QED) is 0.0965. The Morgan fingerprint density at radius 1 is 0.589 bits per heavy atom. The molecule has 4 unspecified atom stereocenters. The summed E-state index contributed by atoms with van der Waals surface area (Å²) in [5.74, 6) is 0. The van der Waals surface area contributed by atoms with Crippen molar-refractivity contribution in [1.82, 2.24) is 10.1 Å². The van der Waals surface area contributed by atoms with Gasteiger partial charge >= 0.3 is 0 Å². The van der Waals surface area contributed by atoms with Crippen molar-refractivity contribution in [2.75, 3.05) is 26.4 Å². The lowest BCUT2D eigenvalue weighted by atomic mass is 9.82. The Hall–Kier alpha value is -3.22. The molecule has 2 aromatic carbocycles. The van der Waals surface area contributed by atoms with Crippen LogP contribution in [0.25, 0.3) is 0 Å². The van der Waals surface area contributed by atoms with Crippen molar-refractivity contribution in [2.45, 2.75) is 179 Å². The number of nitrogens with zero attached hydrogens (tertiary/aromatic N) is 6. The van der Waals surface area contributed by atoms with Crippen LogP contribution in [0.5, 0.6) is 0 Å². The van der Waals surface area contributed by atoms with E-state index in [0.717, 1.165) is 36.8 Å². The molecular formula is C46H70N6O4. The Morgan fingerprint density at radius 3 is 1.21 bits per heavy atom. The van der Waals surface area contributed by atoms with E-state index in [2.05, 4.69) is 112 Å². The first-order valence-electron chi connectivity index (χ1n) is 20.8. The van der Waals surface area contributed by atoms with Crippen molar-refractivity contribution >= 4 is 0 Å². The predicted octanol–water partition coefficient (Wildman–Crippen LogP) is 11.0. The number of azo groups is 1. The van der Waals surface area contributed by atoms with Crippen LogP contribution >= 0.6 is 0 Å². The number of benzene rings is 2. The van der Waals surface area contributed by atoms with Gasteiger partial charge in [0, 0.05) is 35.4 Å². The molecule has 2 aliphatic heterocycles. The molecule has 2 heterocycles. The lowest BCUT2D eigenvalue weighted by Gasteiger charge is -2.52. The first-order chi connectivity index (χ1) is 26.4.